The standard InChI is InChI=1S/C21H23F2N3O4S/c22-16-8-10-17(11-9-16)31(29,30)26-14-12-25(13-15-26)21(28)7-3-6-20(27)24-19-5-2-1-4-18(19)23/h1-2,4-5,8-11H,3,6-7,12-15H2,(H,24,27). The lowest BCUT2D eigenvalue weighted by atomic mass is 10.2. The van der Waals surface area contributed by atoms with E-state index in [-0.39, 0.29) is 61.4 Å². The number of anilines is 1. The molecule has 1 aliphatic rings. The summed E-state index contributed by atoms with van der Waals surface area (Å²) >= 11 is 0. The highest BCUT2D eigenvalue weighted by atomic mass is 32.2. The highest BCUT2D eigenvalue weighted by Gasteiger charge is 2.30. The van der Waals surface area contributed by atoms with Gasteiger partial charge in [-0.3, -0.25) is 9.59 Å². The zero-order valence-electron chi connectivity index (χ0n) is 16.8. The van der Waals surface area contributed by atoms with Crippen LogP contribution < -0.4 is 5.32 Å². The van der Waals surface area contributed by atoms with Crippen LogP contribution in [0.4, 0.5) is 14.5 Å². The number of carbonyl (C=O) groups excluding carboxylic acids is 2. The number of rotatable bonds is 7. The number of halogens is 2. The van der Waals surface area contributed by atoms with Gasteiger partial charge >= 0.3 is 0 Å². The van der Waals surface area contributed by atoms with E-state index < -0.39 is 21.7 Å². The molecule has 0 unspecified atom stereocenters. The quantitative estimate of drug-likeness (QED) is 0.701. The lowest BCUT2D eigenvalue weighted by Gasteiger charge is -2.34. The van der Waals surface area contributed by atoms with Crippen LogP contribution in [-0.4, -0.2) is 55.6 Å². The Morgan fingerprint density at radius 2 is 1.55 bits per heavy atom. The molecular weight excluding hydrogens is 428 g/mol. The number of carbonyl (C=O) groups is 2. The molecule has 1 aliphatic heterocycles. The van der Waals surface area contributed by atoms with Gasteiger partial charge in [-0.2, -0.15) is 4.31 Å². The van der Waals surface area contributed by atoms with Crippen LogP contribution >= 0.6 is 0 Å². The number of hydrogen-bond acceptors (Lipinski definition) is 4. The van der Waals surface area contributed by atoms with Crippen LogP contribution in [0.1, 0.15) is 19.3 Å². The second kappa shape index (κ2) is 9.97. The topological polar surface area (TPSA) is 86.8 Å². The molecule has 0 atom stereocenters. The minimum atomic E-state index is -3.74. The van der Waals surface area contributed by atoms with Crippen molar-refractivity contribution in [2.24, 2.45) is 0 Å². The molecule has 1 fully saturated rings. The molecule has 0 aromatic heterocycles. The highest BCUT2D eigenvalue weighted by molar-refractivity contribution is 7.89. The van der Waals surface area contributed by atoms with Crippen LogP contribution in [-0.2, 0) is 19.6 Å². The Morgan fingerprint density at radius 1 is 0.903 bits per heavy atom. The van der Waals surface area contributed by atoms with Crippen molar-refractivity contribution in [2.75, 3.05) is 31.5 Å². The number of hydrogen-bond donors (Lipinski definition) is 1. The van der Waals surface area contributed by atoms with Crippen LogP contribution in [0.25, 0.3) is 0 Å². The number of nitrogens with zero attached hydrogens (tertiary/aromatic N) is 2. The number of amides is 2. The van der Waals surface area contributed by atoms with E-state index in [0.29, 0.717) is 6.42 Å². The maximum Gasteiger partial charge on any atom is 0.243 e. The Balaban J connectivity index is 1.43. The van der Waals surface area contributed by atoms with Gasteiger partial charge in [0.2, 0.25) is 21.8 Å². The molecule has 1 heterocycles. The van der Waals surface area contributed by atoms with Crippen molar-refractivity contribution in [1.82, 2.24) is 9.21 Å². The Kier molecular flexibility index (Phi) is 7.34. The van der Waals surface area contributed by atoms with Crippen molar-refractivity contribution in [3.63, 3.8) is 0 Å². The molecule has 2 aromatic carbocycles. The van der Waals surface area contributed by atoms with Gasteiger partial charge in [0, 0.05) is 39.0 Å². The molecule has 3 rings (SSSR count). The summed E-state index contributed by atoms with van der Waals surface area (Å²) < 4.78 is 53.1. The molecule has 2 aromatic rings. The predicted molar refractivity (Wildman–Crippen MR) is 111 cm³/mol. The smallest absolute Gasteiger partial charge is 0.243 e. The monoisotopic (exact) mass is 451 g/mol. The third-order valence-electron chi connectivity index (χ3n) is 4.99. The van der Waals surface area contributed by atoms with E-state index in [4.69, 9.17) is 0 Å². The Labute approximate surface area is 179 Å². The number of para-hydroxylation sites is 1. The fraction of sp³-hybridized carbons (Fsp3) is 0.333. The molecule has 10 heteroatoms. The van der Waals surface area contributed by atoms with Crippen molar-refractivity contribution >= 4 is 27.5 Å². The van der Waals surface area contributed by atoms with Gasteiger partial charge in [0.15, 0.2) is 0 Å². The van der Waals surface area contributed by atoms with Gasteiger partial charge in [0.25, 0.3) is 0 Å². The van der Waals surface area contributed by atoms with Crippen LogP contribution in [0.15, 0.2) is 53.4 Å². The maximum atomic E-state index is 13.5. The molecule has 166 valence electrons. The van der Waals surface area contributed by atoms with E-state index in [2.05, 4.69) is 5.32 Å². The van der Waals surface area contributed by atoms with E-state index >= 15 is 0 Å². The van der Waals surface area contributed by atoms with Gasteiger partial charge in [0.1, 0.15) is 11.6 Å². The van der Waals surface area contributed by atoms with Gasteiger partial charge in [-0.25, -0.2) is 17.2 Å². The van der Waals surface area contributed by atoms with Gasteiger partial charge in [-0.1, -0.05) is 12.1 Å². The minimum absolute atomic E-state index is 0.00883. The summed E-state index contributed by atoms with van der Waals surface area (Å²) in [6.07, 6.45) is 0.502. The van der Waals surface area contributed by atoms with E-state index in [9.17, 15) is 26.8 Å². The van der Waals surface area contributed by atoms with E-state index in [1.54, 1.807) is 11.0 Å². The van der Waals surface area contributed by atoms with Crippen LogP contribution in [0.5, 0.6) is 0 Å². The number of nitrogens with one attached hydrogen (secondary N) is 1. The number of sulfonamides is 1. The molecule has 0 bridgehead atoms. The molecule has 1 saturated heterocycles. The fourth-order valence-electron chi connectivity index (χ4n) is 3.27. The first-order valence-electron chi connectivity index (χ1n) is 9.85. The first-order valence-corrected chi connectivity index (χ1v) is 11.3. The molecule has 7 nitrogen and oxygen atoms in total. The first kappa shape index (κ1) is 22.8. The summed E-state index contributed by atoms with van der Waals surface area (Å²) in [5.41, 5.74) is 0.0947. The Hall–Kier alpha value is -2.85. The van der Waals surface area contributed by atoms with Gasteiger partial charge in [-0.15, -0.1) is 0 Å². The van der Waals surface area contributed by atoms with Crippen molar-refractivity contribution in [3.8, 4) is 0 Å². The van der Waals surface area contributed by atoms with Crippen molar-refractivity contribution in [1.29, 1.82) is 0 Å². The zero-order chi connectivity index (χ0) is 22.4. The normalized spacial score (nSPS) is 15.0. The summed E-state index contributed by atoms with van der Waals surface area (Å²) in [4.78, 5) is 25.9. The van der Waals surface area contributed by atoms with Crippen molar-refractivity contribution in [2.45, 2.75) is 24.2 Å². The first-order chi connectivity index (χ1) is 14.8. The zero-order valence-corrected chi connectivity index (χ0v) is 17.6. The summed E-state index contributed by atoms with van der Waals surface area (Å²) in [5.74, 6) is -1.59. The summed E-state index contributed by atoms with van der Waals surface area (Å²) in [5, 5.41) is 2.47. The SMILES string of the molecule is O=C(CCCC(=O)N1CCN(S(=O)(=O)c2ccc(F)cc2)CC1)Nc1ccccc1F. The average molecular weight is 451 g/mol. The minimum Gasteiger partial charge on any atom is -0.340 e. The predicted octanol–water partition coefficient (Wildman–Crippen LogP) is 2.61. The molecule has 31 heavy (non-hydrogen) atoms. The second-order valence-electron chi connectivity index (χ2n) is 7.12. The summed E-state index contributed by atoms with van der Waals surface area (Å²) in [6.45, 7) is 0.750. The molecule has 0 spiro atoms. The third-order valence-corrected chi connectivity index (χ3v) is 6.90. The molecule has 0 saturated carbocycles. The second-order valence-corrected chi connectivity index (χ2v) is 9.06. The molecule has 0 radical (unpaired) electrons. The van der Waals surface area contributed by atoms with Crippen LogP contribution in [0.2, 0.25) is 0 Å². The summed E-state index contributed by atoms with van der Waals surface area (Å²) in [6, 6.07) is 10.5. The largest absolute Gasteiger partial charge is 0.340 e. The molecule has 2 amide bonds. The van der Waals surface area contributed by atoms with Gasteiger partial charge < -0.3 is 10.2 Å². The van der Waals surface area contributed by atoms with E-state index in [1.807, 2.05) is 0 Å². The molecular formula is C21H23F2N3O4S. The maximum absolute atomic E-state index is 13.5. The van der Waals surface area contributed by atoms with Gasteiger partial charge in [0.05, 0.1) is 10.6 Å². The number of piperazine rings is 1. The Bertz CT molecular complexity index is 1040. The van der Waals surface area contributed by atoms with Crippen molar-refractivity contribution in [3.05, 3.63) is 60.2 Å². The van der Waals surface area contributed by atoms with Gasteiger partial charge in [-0.05, 0) is 42.8 Å². The lowest BCUT2D eigenvalue weighted by molar-refractivity contribution is -0.132. The van der Waals surface area contributed by atoms with Crippen LogP contribution in [0, 0.1) is 11.6 Å². The van der Waals surface area contributed by atoms with E-state index in [0.717, 1.165) is 12.1 Å². The van der Waals surface area contributed by atoms with E-state index in [1.165, 1.54) is 34.6 Å². The third kappa shape index (κ3) is 5.86. The fourth-order valence-corrected chi connectivity index (χ4v) is 4.69. The number of benzene rings is 2. The Morgan fingerprint density at radius 3 is 2.19 bits per heavy atom. The summed E-state index contributed by atoms with van der Waals surface area (Å²) in [7, 11) is -3.74. The average Bonchev–Trinajstić information content (AvgIpc) is 2.75. The lowest BCUT2D eigenvalue weighted by Crippen LogP contribution is -2.50. The molecule has 1 N–H and O–H groups in total. The van der Waals surface area contributed by atoms with Crippen LogP contribution in [0.3, 0.4) is 0 Å². The van der Waals surface area contributed by atoms with Crippen molar-refractivity contribution < 1.29 is 26.8 Å². The molecule has 0 aliphatic carbocycles. The highest BCUT2D eigenvalue weighted by Crippen LogP contribution is 2.19.